The van der Waals surface area contributed by atoms with Crippen LogP contribution < -0.4 is 5.73 Å². The fourth-order valence-corrected chi connectivity index (χ4v) is 3.96. The van der Waals surface area contributed by atoms with Crippen molar-refractivity contribution in [3.8, 4) is 11.8 Å². The molecule has 1 aliphatic carbocycles. The molecule has 6 heteroatoms. The van der Waals surface area contributed by atoms with Gasteiger partial charge in [0.15, 0.2) is 0 Å². The van der Waals surface area contributed by atoms with Crippen molar-refractivity contribution in [2.45, 2.75) is 36.6 Å². The first-order chi connectivity index (χ1) is 9.96. The minimum atomic E-state index is -3.66. The molecule has 0 aliphatic heterocycles. The Bertz CT molecular complexity index is 671. The molecule has 0 bridgehead atoms. The monoisotopic (exact) mass is 310 g/mol. The van der Waals surface area contributed by atoms with Gasteiger partial charge in [-0.1, -0.05) is 24.7 Å². The van der Waals surface area contributed by atoms with Gasteiger partial charge in [0.05, 0.1) is 17.0 Å². The van der Waals surface area contributed by atoms with Gasteiger partial charge >= 0.3 is 0 Å². The van der Waals surface area contributed by atoms with Crippen LogP contribution in [-0.2, 0) is 10.0 Å². The SMILES string of the molecule is CN(C1CCCC1)S(=O)(=O)c1ccc(C#CCN)c(F)c1. The van der Waals surface area contributed by atoms with Gasteiger partial charge in [0, 0.05) is 13.1 Å². The lowest BCUT2D eigenvalue weighted by Gasteiger charge is -2.23. The van der Waals surface area contributed by atoms with Crippen molar-refractivity contribution in [3.63, 3.8) is 0 Å². The highest BCUT2D eigenvalue weighted by atomic mass is 32.2. The van der Waals surface area contributed by atoms with E-state index in [0.717, 1.165) is 31.7 Å². The third-order valence-electron chi connectivity index (χ3n) is 3.78. The van der Waals surface area contributed by atoms with Gasteiger partial charge in [0.1, 0.15) is 5.82 Å². The first-order valence-electron chi connectivity index (χ1n) is 6.93. The van der Waals surface area contributed by atoms with Crippen LogP contribution in [0.5, 0.6) is 0 Å². The van der Waals surface area contributed by atoms with Gasteiger partial charge in [0.2, 0.25) is 10.0 Å². The van der Waals surface area contributed by atoms with E-state index in [1.807, 2.05) is 0 Å². The van der Waals surface area contributed by atoms with Gasteiger partial charge in [-0.2, -0.15) is 4.31 Å². The lowest BCUT2D eigenvalue weighted by atomic mass is 10.2. The molecule has 0 spiro atoms. The second-order valence-electron chi connectivity index (χ2n) is 5.11. The molecule has 0 unspecified atom stereocenters. The Morgan fingerprint density at radius 1 is 1.38 bits per heavy atom. The Balaban J connectivity index is 2.30. The van der Waals surface area contributed by atoms with Crippen LogP contribution in [0.4, 0.5) is 4.39 Å². The molecular formula is C15H19FN2O2S. The van der Waals surface area contributed by atoms with Gasteiger partial charge in [-0.3, -0.25) is 0 Å². The molecule has 0 heterocycles. The lowest BCUT2D eigenvalue weighted by Crippen LogP contribution is -2.35. The Morgan fingerprint density at radius 2 is 2.05 bits per heavy atom. The van der Waals surface area contributed by atoms with Crippen LogP contribution in [0.2, 0.25) is 0 Å². The van der Waals surface area contributed by atoms with Gasteiger partial charge in [-0.25, -0.2) is 12.8 Å². The van der Waals surface area contributed by atoms with E-state index < -0.39 is 15.8 Å². The number of rotatable bonds is 3. The quantitative estimate of drug-likeness (QED) is 0.864. The van der Waals surface area contributed by atoms with Crippen LogP contribution in [0, 0.1) is 17.7 Å². The minimum absolute atomic E-state index is 0.00905. The third kappa shape index (κ3) is 3.43. The van der Waals surface area contributed by atoms with E-state index in [1.54, 1.807) is 7.05 Å². The second-order valence-corrected chi connectivity index (χ2v) is 7.10. The maximum atomic E-state index is 13.9. The van der Waals surface area contributed by atoms with Crippen LogP contribution in [0.1, 0.15) is 31.2 Å². The van der Waals surface area contributed by atoms with Crippen LogP contribution in [-0.4, -0.2) is 32.4 Å². The standard InChI is InChI=1S/C15H19FN2O2S/c1-18(13-6-2-3-7-13)21(19,20)14-9-8-12(5-4-10-17)15(16)11-14/h8-9,11,13H,2-3,6-7,10,17H2,1H3. The summed E-state index contributed by atoms with van der Waals surface area (Å²) in [5, 5.41) is 0. The summed E-state index contributed by atoms with van der Waals surface area (Å²) in [6, 6.07) is 3.81. The minimum Gasteiger partial charge on any atom is -0.320 e. The van der Waals surface area contributed by atoms with E-state index >= 15 is 0 Å². The van der Waals surface area contributed by atoms with E-state index in [-0.39, 0.29) is 23.0 Å². The molecule has 0 saturated heterocycles. The first kappa shape index (κ1) is 16.0. The Hall–Kier alpha value is -1.42. The summed E-state index contributed by atoms with van der Waals surface area (Å²) in [4.78, 5) is -0.0345. The summed E-state index contributed by atoms with van der Waals surface area (Å²) in [5.74, 6) is 4.48. The number of hydrogen-bond acceptors (Lipinski definition) is 3. The number of nitrogens with two attached hydrogens (primary N) is 1. The molecule has 0 radical (unpaired) electrons. The zero-order valence-corrected chi connectivity index (χ0v) is 12.8. The van der Waals surface area contributed by atoms with Crippen LogP contribution in [0.25, 0.3) is 0 Å². The summed E-state index contributed by atoms with van der Waals surface area (Å²) < 4.78 is 40.3. The van der Waals surface area contributed by atoms with Gasteiger partial charge in [0.25, 0.3) is 0 Å². The highest BCUT2D eigenvalue weighted by Gasteiger charge is 2.30. The molecule has 1 aliphatic rings. The van der Waals surface area contributed by atoms with Crippen molar-refractivity contribution < 1.29 is 12.8 Å². The Morgan fingerprint density at radius 3 is 2.62 bits per heavy atom. The summed E-state index contributed by atoms with van der Waals surface area (Å²) in [7, 11) is -2.10. The molecule has 114 valence electrons. The predicted octanol–water partition coefficient (Wildman–Crippen LogP) is 1.70. The number of halogens is 1. The number of nitrogens with zero attached hydrogens (tertiary/aromatic N) is 1. The summed E-state index contributed by atoms with van der Waals surface area (Å²) in [6.45, 7) is 0.129. The Labute approximate surface area is 125 Å². The lowest BCUT2D eigenvalue weighted by molar-refractivity contribution is 0.373. The van der Waals surface area contributed by atoms with Gasteiger partial charge in [-0.05, 0) is 31.0 Å². The molecule has 2 N–H and O–H groups in total. The van der Waals surface area contributed by atoms with E-state index in [2.05, 4.69) is 11.8 Å². The maximum absolute atomic E-state index is 13.9. The summed E-state index contributed by atoms with van der Waals surface area (Å²) in [6.07, 6.45) is 3.79. The molecule has 1 aromatic rings. The molecule has 0 amide bonds. The van der Waals surface area contributed by atoms with E-state index in [4.69, 9.17) is 5.73 Å². The topological polar surface area (TPSA) is 63.4 Å². The van der Waals surface area contributed by atoms with Crippen molar-refractivity contribution in [1.29, 1.82) is 0 Å². The molecule has 1 aromatic carbocycles. The van der Waals surface area contributed by atoms with Crippen molar-refractivity contribution in [1.82, 2.24) is 4.31 Å². The highest BCUT2D eigenvalue weighted by Crippen LogP contribution is 2.27. The predicted molar refractivity (Wildman–Crippen MR) is 79.5 cm³/mol. The van der Waals surface area contributed by atoms with Crippen molar-refractivity contribution in [2.24, 2.45) is 5.73 Å². The molecule has 1 fully saturated rings. The average molecular weight is 310 g/mol. The van der Waals surface area contributed by atoms with Gasteiger partial charge < -0.3 is 5.73 Å². The number of sulfonamides is 1. The second kappa shape index (κ2) is 6.56. The summed E-state index contributed by atoms with van der Waals surface area (Å²) >= 11 is 0. The third-order valence-corrected chi connectivity index (χ3v) is 5.69. The fraction of sp³-hybridized carbons (Fsp3) is 0.467. The number of benzene rings is 1. The molecular weight excluding hydrogens is 291 g/mol. The van der Waals surface area contributed by atoms with E-state index in [0.29, 0.717) is 0 Å². The molecule has 0 aromatic heterocycles. The molecule has 2 rings (SSSR count). The first-order valence-corrected chi connectivity index (χ1v) is 8.37. The van der Waals surface area contributed by atoms with Crippen molar-refractivity contribution in [3.05, 3.63) is 29.6 Å². The zero-order valence-electron chi connectivity index (χ0n) is 12.0. The van der Waals surface area contributed by atoms with Crippen molar-refractivity contribution in [2.75, 3.05) is 13.6 Å². The average Bonchev–Trinajstić information content (AvgIpc) is 2.99. The van der Waals surface area contributed by atoms with Gasteiger partial charge in [-0.15, -0.1) is 0 Å². The normalized spacial score (nSPS) is 16.0. The van der Waals surface area contributed by atoms with Crippen LogP contribution >= 0.6 is 0 Å². The molecule has 21 heavy (non-hydrogen) atoms. The van der Waals surface area contributed by atoms with Crippen LogP contribution in [0.3, 0.4) is 0 Å². The number of hydrogen-bond donors (Lipinski definition) is 1. The smallest absolute Gasteiger partial charge is 0.243 e. The molecule has 4 nitrogen and oxygen atoms in total. The largest absolute Gasteiger partial charge is 0.320 e. The van der Waals surface area contributed by atoms with E-state index in [1.165, 1.54) is 16.4 Å². The highest BCUT2D eigenvalue weighted by molar-refractivity contribution is 7.89. The summed E-state index contributed by atoms with van der Waals surface area (Å²) in [5.41, 5.74) is 5.39. The van der Waals surface area contributed by atoms with E-state index in [9.17, 15) is 12.8 Å². The fourth-order valence-electron chi connectivity index (χ4n) is 2.53. The maximum Gasteiger partial charge on any atom is 0.243 e. The van der Waals surface area contributed by atoms with Crippen molar-refractivity contribution >= 4 is 10.0 Å². The molecule has 1 saturated carbocycles. The van der Waals surface area contributed by atoms with Crippen LogP contribution in [0.15, 0.2) is 23.1 Å². The molecule has 0 atom stereocenters. The Kier molecular flexibility index (Phi) is 4.99. The zero-order chi connectivity index (χ0) is 15.5.